The topological polar surface area (TPSA) is 63.4 Å². The Morgan fingerprint density at radius 3 is 2.67 bits per heavy atom. The van der Waals surface area contributed by atoms with Crippen LogP contribution in [0, 0.1) is 0 Å². The van der Waals surface area contributed by atoms with Gasteiger partial charge in [-0.3, -0.25) is 0 Å². The Bertz CT molecular complexity index is 238. The number of hydrogen-bond acceptors (Lipinski definition) is 3. The summed E-state index contributed by atoms with van der Waals surface area (Å²) in [5.74, 6) is 0.153. The van der Waals surface area contributed by atoms with Gasteiger partial charge in [0.15, 0.2) is 0 Å². The van der Waals surface area contributed by atoms with E-state index in [1.807, 2.05) is 0 Å². The van der Waals surface area contributed by atoms with E-state index in [9.17, 15) is 8.42 Å². The highest BCUT2D eigenvalue weighted by molar-refractivity contribution is 7.89. The number of rotatable bonds is 2. The molecule has 1 fully saturated rings. The van der Waals surface area contributed by atoms with Crippen molar-refractivity contribution >= 4 is 10.0 Å². The minimum Gasteiger partial charge on any atom is -0.315 e. The van der Waals surface area contributed by atoms with Crippen LogP contribution < -0.4 is 5.73 Å². The normalized spacial score (nSPS) is 27.3. The van der Waals surface area contributed by atoms with Crippen LogP contribution in [0.2, 0.25) is 0 Å². The van der Waals surface area contributed by atoms with Gasteiger partial charge in [0, 0.05) is 6.54 Å². The Labute approximate surface area is 73.8 Å². The third kappa shape index (κ3) is 1.97. The van der Waals surface area contributed by atoms with Crippen molar-refractivity contribution in [1.29, 1.82) is 0 Å². The van der Waals surface area contributed by atoms with E-state index in [2.05, 4.69) is 0 Å². The van der Waals surface area contributed by atoms with Gasteiger partial charge >= 0.3 is 0 Å². The van der Waals surface area contributed by atoms with Gasteiger partial charge in [0.2, 0.25) is 10.0 Å². The van der Waals surface area contributed by atoms with Crippen molar-refractivity contribution in [2.45, 2.75) is 32.4 Å². The summed E-state index contributed by atoms with van der Waals surface area (Å²) in [6.07, 6.45) is 2.48. The zero-order valence-electron chi connectivity index (χ0n) is 7.36. The summed E-state index contributed by atoms with van der Waals surface area (Å²) in [7, 11) is -3.06. The molecule has 1 rings (SSSR count). The van der Waals surface area contributed by atoms with E-state index in [1.54, 1.807) is 6.92 Å². The predicted molar refractivity (Wildman–Crippen MR) is 48.0 cm³/mol. The monoisotopic (exact) mass is 192 g/mol. The van der Waals surface area contributed by atoms with Gasteiger partial charge in [0.1, 0.15) is 0 Å². The summed E-state index contributed by atoms with van der Waals surface area (Å²) in [6, 6.07) is 0. The van der Waals surface area contributed by atoms with Crippen molar-refractivity contribution < 1.29 is 8.42 Å². The molecule has 1 saturated heterocycles. The fourth-order valence-electron chi connectivity index (χ4n) is 1.44. The average molecular weight is 192 g/mol. The molecule has 2 N–H and O–H groups in total. The van der Waals surface area contributed by atoms with Gasteiger partial charge < -0.3 is 5.73 Å². The van der Waals surface area contributed by atoms with E-state index in [4.69, 9.17) is 5.73 Å². The van der Waals surface area contributed by atoms with Crippen LogP contribution in [0.25, 0.3) is 0 Å². The molecule has 0 saturated carbocycles. The lowest BCUT2D eigenvalue weighted by Gasteiger charge is -2.31. The largest absolute Gasteiger partial charge is 0.315 e. The van der Waals surface area contributed by atoms with Crippen molar-refractivity contribution in [1.82, 2.24) is 4.31 Å². The molecule has 1 aliphatic rings. The van der Waals surface area contributed by atoms with Crippen molar-refractivity contribution in [3.63, 3.8) is 0 Å². The SMILES string of the molecule is CCS(=O)(=O)N1CCCCC1N. The fourth-order valence-corrected chi connectivity index (χ4v) is 2.70. The highest BCUT2D eigenvalue weighted by Crippen LogP contribution is 2.16. The van der Waals surface area contributed by atoms with Crippen LogP contribution in [0.5, 0.6) is 0 Å². The molecule has 72 valence electrons. The van der Waals surface area contributed by atoms with Crippen LogP contribution in [-0.4, -0.2) is 31.2 Å². The molecule has 0 bridgehead atoms. The first kappa shape index (κ1) is 9.95. The van der Waals surface area contributed by atoms with Crippen molar-refractivity contribution in [3.05, 3.63) is 0 Å². The minimum atomic E-state index is -3.06. The zero-order valence-corrected chi connectivity index (χ0v) is 8.18. The molecular formula is C7H16N2O2S. The molecule has 0 aliphatic carbocycles. The summed E-state index contributed by atoms with van der Waals surface area (Å²) in [6.45, 7) is 2.24. The van der Waals surface area contributed by atoms with Gasteiger partial charge in [0.05, 0.1) is 11.9 Å². The maximum absolute atomic E-state index is 11.4. The number of hydrogen-bond donors (Lipinski definition) is 1. The molecule has 0 amide bonds. The molecule has 1 atom stereocenters. The third-order valence-corrected chi connectivity index (χ3v) is 4.12. The van der Waals surface area contributed by atoms with E-state index < -0.39 is 10.0 Å². The molecule has 0 spiro atoms. The molecule has 1 aliphatic heterocycles. The summed E-state index contributed by atoms with van der Waals surface area (Å²) in [5, 5.41) is 0. The van der Waals surface area contributed by atoms with Gasteiger partial charge in [-0.05, 0) is 26.2 Å². The first-order valence-electron chi connectivity index (χ1n) is 4.33. The summed E-state index contributed by atoms with van der Waals surface area (Å²) < 4.78 is 24.2. The first-order chi connectivity index (χ1) is 5.58. The Morgan fingerprint density at radius 2 is 2.17 bits per heavy atom. The first-order valence-corrected chi connectivity index (χ1v) is 5.94. The molecule has 12 heavy (non-hydrogen) atoms. The Hall–Kier alpha value is -0.130. The van der Waals surface area contributed by atoms with E-state index in [0.29, 0.717) is 6.54 Å². The Balaban J connectivity index is 2.72. The van der Waals surface area contributed by atoms with Crippen LogP contribution in [-0.2, 0) is 10.0 Å². The second-order valence-corrected chi connectivity index (χ2v) is 5.28. The zero-order chi connectivity index (χ0) is 9.19. The van der Waals surface area contributed by atoms with E-state index in [-0.39, 0.29) is 11.9 Å². The van der Waals surface area contributed by atoms with Gasteiger partial charge in [-0.15, -0.1) is 0 Å². The Kier molecular flexibility index (Phi) is 3.09. The van der Waals surface area contributed by atoms with Crippen LogP contribution in [0.15, 0.2) is 0 Å². The molecule has 1 unspecified atom stereocenters. The number of nitrogens with zero attached hydrogens (tertiary/aromatic N) is 1. The lowest BCUT2D eigenvalue weighted by atomic mass is 10.1. The highest BCUT2D eigenvalue weighted by atomic mass is 32.2. The maximum Gasteiger partial charge on any atom is 0.215 e. The maximum atomic E-state index is 11.4. The molecule has 0 aromatic heterocycles. The molecule has 1 heterocycles. The van der Waals surface area contributed by atoms with Gasteiger partial charge in [-0.25, -0.2) is 8.42 Å². The average Bonchev–Trinajstić information content (AvgIpc) is 2.05. The van der Waals surface area contributed by atoms with Crippen molar-refractivity contribution in [3.8, 4) is 0 Å². The molecule has 0 aromatic rings. The Morgan fingerprint density at radius 1 is 1.50 bits per heavy atom. The second-order valence-electron chi connectivity index (χ2n) is 3.07. The molecule has 0 radical (unpaired) electrons. The van der Waals surface area contributed by atoms with E-state index in [1.165, 1.54) is 4.31 Å². The van der Waals surface area contributed by atoms with Gasteiger partial charge in [-0.2, -0.15) is 4.31 Å². The number of nitrogens with two attached hydrogens (primary N) is 1. The van der Waals surface area contributed by atoms with Crippen LogP contribution in [0.4, 0.5) is 0 Å². The highest BCUT2D eigenvalue weighted by Gasteiger charge is 2.27. The van der Waals surface area contributed by atoms with Gasteiger partial charge in [-0.1, -0.05) is 0 Å². The van der Waals surface area contributed by atoms with Crippen LogP contribution in [0.1, 0.15) is 26.2 Å². The molecule has 4 nitrogen and oxygen atoms in total. The second kappa shape index (κ2) is 3.72. The number of piperidine rings is 1. The minimum absolute atomic E-state index is 0.153. The quantitative estimate of drug-likeness (QED) is 0.675. The lowest BCUT2D eigenvalue weighted by molar-refractivity contribution is 0.258. The number of sulfonamides is 1. The lowest BCUT2D eigenvalue weighted by Crippen LogP contribution is -2.49. The van der Waals surface area contributed by atoms with E-state index in [0.717, 1.165) is 19.3 Å². The third-order valence-electron chi connectivity index (χ3n) is 2.22. The molecule has 0 aromatic carbocycles. The van der Waals surface area contributed by atoms with E-state index >= 15 is 0 Å². The standard InChI is InChI=1S/C7H16N2O2S/c1-2-12(10,11)9-6-4-3-5-7(9)8/h7H,2-6,8H2,1H3. The van der Waals surface area contributed by atoms with Crippen LogP contribution >= 0.6 is 0 Å². The molecular weight excluding hydrogens is 176 g/mol. The summed E-state index contributed by atoms with van der Waals surface area (Å²) in [5.41, 5.74) is 5.69. The fraction of sp³-hybridized carbons (Fsp3) is 1.00. The van der Waals surface area contributed by atoms with Gasteiger partial charge in [0.25, 0.3) is 0 Å². The molecule has 5 heteroatoms. The van der Waals surface area contributed by atoms with Crippen molar-refractivity contribution in [2.75, 3.05) is 12.3 Å². The summed E-state index contributed by atoms with van der Waals surface area (Å²) in [4.78, 5) is 0. The smallest absolute Gasteiger partial charge is 0.215 e. The van der Waals surface area contributed by atoms with Crippen LogP contribution in [0.3, 0.4) is 0 Å². The van der Waals surface area contributed by atoms with Crippen molar-refractivity contribution in [2.24, 2.45) is 5.73 Å². The summed E-state index contributed by atoms with van der Waals surface area (Å²) >= 11 is 0. The predicted octanol–water partition coefficient (Wildman–Crippen LogP) is 0.107.